The van der Waals surface area contributed by atoms with Crippen LogP contribution in [-0.2, 0) is 4.79 Å². The molecule has 0 bridgehead atoms. The van der Waals surface area contributed by atoms with Crippen molar-refractivity contribution in [3.05, 3.63) is 23.8 Å². The highest BCUT2D eigenvalue weighted by atomic mass is 16.4. The molecule has 1 unspecified atom stereocenters. The number of fused-ring (bicyclic) bond motifs is 1. The fraction of sp³-hybridized carbons (Fsp3) is 0.682. The van der Waals surface area contributed by atoms with Gasteiger partial charge >= 0.3 is 5.97 Å². The summed E-state index contributed by atoms with van der Waals surface area (Å²) < 4.78 is 0. The van der Waals surface area contributed by atoms with Crippen LogP contribution in [0.1, 0.15) is 65.2 Å². The lowest BCUT2D eigenvalue weighted by molar-refractivity contribution is -0.137. The lowest BCUT2D eigenvalue weighted by atomic mass is 9.90. The Morgan fingerprint density at radius 1 is 1.40 bits per heavy atom. The third-order valence-corrected chi connectivity index (χ3v) is 5.66. The smallest absolute Gasteiger partial charge is 0.303 e. The van der Waals surface area contributed by atoms with Crippen molar-refractivity contribution >= 4 is 5.97 Å². The number of carboxylic acid groups (broad SMARTS) is 1. The topological polar surface area (TPSA) is 57.5 Å². The van der Waals surface area contributed by atoms with Gasteiger partial charge < -0.3 is 10.2 Å². The SMILES string of the molecule is CC#CC[C@@H](C)C/C=C/C1[C@H](O)C[C@@H]2C/C(=C\CCCC(=O)O)C[C@H]12. The van der Waals surface area contributed by atoms with E-state index in [2.05, 4.69) is 37.0 Å². The summed E-state index contributed by atoms with van der Waals surface area (Å²) in [5.41, 5.74) is 1.47. The molecule has 0 heterocycles. The number of allylic oxidation sites excluding steroid dienone is 3. The second kappa shape index (κ2) is 9.82. The molecule has 0 aromatic rings. The van der Waals surface area contributed by atoms with E-state index in [-0.39, 0.29) is 18.4 Å². The molecule has 25 heavy (non-hydrogen) atoms. The first-order chi connectivity index (χ1) is 12.0. The van der Waals surface area contributed by atoms with Crippen LogP contribution in [0, 0.1) is 35.5 Å². The molecule has 0 radical (unpaired) electrons. The van der Waals surface area contributed by atoms with Crippen LogP contribution in [0.3, 0.4) is 0 Å². The molecular weight excluding hydrogens is 312 g/mol. The Labute approximate surface area is 152 Å². The zero-order valence-corrected chi connectivity index (χ0v) is 15.6. The zero-order valence-electron chi connectivity index (χ0n) is 15.6. The molecule has 0 saturated heterocycles. The number of aliphatic hydroxyl groups excluding tert-OH is 1. The van der Waals surface area contributed by atoms with Gasteiger partial charge in [-0.1, -0.05) is 30.7 Å². The standard InChI is InChI=1S/C22H32O3/c1-3-4-8-16(2)9-7-11-19-20-14-17(10-5-6-12-22(24)25)13-18(20)15-21(19)23/h7,10-11,16,18-21,23H,5-6,8-9,12-15H2,1-2H3,(H,24,25)/b11-7+,17-10+/t16-,18+,19?,20+,21-/m1/s1. The van der Waals surface area contributed by atoms with Crippen molar-refractivity contribution in [3.63, 3.8) is 0 Å². The maximum atomic E-state index is 10.6. The van der Waals surface area contributed by atoms with E-state index in [9.17, 15) is 9.90 Å². The first-order valence-electron chi connectivity index (χ1n) is 9.65. The third kappa shape index (κ3) is 6.04. The van der Waals surface area contributed by atoms with Crippen molar-refractivity contribution < 1.29 is 15.0 Å². The van der Waals surface area contributed by atoms with Gasteiger partial charge in [0.1, 0.15) is 0 Å². The lowest BCUT2D eigenvalue weighted by Crippen LogP contribution is -2.16. The van der Waals surface area contributed by atoms with Gasteiger partial charge in [-0.3, -0.25) is 4.79 Å². The Hall–Kier alpha value is -1.53. The fourth-order valence-electron chi connectivity index (χ4n) is 4.33. The van der Waals surface area contributed by atoms with Crippen molar-refractivity contribution in [2.24, 2.45) is 23.7 Å². The Morgan fingerprint density at radius 3 is 2.92 bits per heavy atom. The molecule has 0 aliphatic heterocycles. The number of unbranched alkanes of at least 4 members (excludes halogenated alkanes) is 1. The minimum atomic E-state index is -0.714. The quantitative estimate of drug-likeness (QED) is 0.385. The van der Waals surface area contributed by atoms with Gasteiger partial charge in [-0.05, 0) is 63.2 Å². The summed E-state index contributed by atoms with van der Waals surface area (Å²) >= 11 is 0. The Morgan fingerprint density at radius 2 is 2.20 bits per heavy atom. The minimum Gasteiger partial charge on any atom is -0.481 e. The molecule has 138 valence electrons. The van der Waals surface area contributed by atoms with Gasteiger partial charge in [0, 0.05) is 18.8 Å². The number of carbonyl (C=O) groups is 1. The molecule has 0 spiro atoms. The van der Waals surface area contributed by atoms with Gasteiger partial charge in [-0.2, -0.15) is 0 Å². The molecule has 0 amide bonds. The Balaban J connectivity index is 1.83. The monoisotopic (exact) mass is 344 g/mol. The predicted octanol–water partition coefficient (Wildman–Crippen LogP) is 4.57. The summed E-state index contributed by atoms with van der Waals surface area (Å²) in [4.78, 5) is 10.6. The predicted molar refractivity (Wildman–Crippen MR) is 101 cm³/mol. The number of carboxylic acids is 1. The largest absolute Gasteiger partial charge is 0.481 e. The highest BCUT2D eigenvalue weighted by Crippen LogP contribution is 2.50. The average Bonchev–Trinajstić information content (AvgIpc) is 3.07. The van der Waals surface area contributed by atoms with Crippen LogP contribution in [0.15, 0.2) is 23.8 Å². The number of hydrogen-bond acceptors (Lipinski definition) is 2. The molecule has 3 nitrogen and oxygen atoms in total. The molecule has 2 rings (SSSR count). The molecule has 2 fully saturated rings. The maximum Gasteiger partial charge on any atom is 0.303 e. The number of aliphatic carboxylic acids is 1. The number of hydrogen-bond donors (Lipinski definition) is 2. The van der Waals surface area contributed by atoms with Crippen molar-refractivity contribution in [2.45, 2.75) is 71.3 Å². The highest BCUT2D eigenvalue weighted by Gasteiger charge is 2.44. The maximum absolute atomic E-state index is 10.6. The van der Waals surface area contributed by atoms with E-state index in [1.165, 1.54) is 5.57 Å². The van der Waals surface area contributed by atoms with Crippen molar-refractivity contribution in [1.29, 1.82) is 0 Å². The molecule has 2 aliphatic carbocycles. The van der Waals surface area contributed by atoms with Gasteiger partial charge in [-0.25, -0.2) is 0 Å². The molecule has 5 atom stereocenters. The van der Waals surface area contributed by atoms with Crippen LogP contribution in [0.5, 0.6) is 0 Å². The Bertz CT molecular complexity index is 564. The minimum absolute atomic E-state index is 0.203. The van der Waals surface area contributed by atoms with E-state index in [1.807, 2.05) is 6.92 Å². The number of rotatable bonds is 8. The highest BCUT2D eigenvalue weighted by molar-refractivity contribution is 5.66. The van der Waals surface area contributed by atoms with E-state index in [0.29, 0.717) is 17.8 Å². The first kappa shape index (κ1) is 19.8. The fourth-order valence-corrected chi connectivity index (χ4v) is 4.33. The van der Waals surface area contributed by atoms with Crippen LogP contribution in [-0.4, -0.2) is 22.3 Å². The van der Waals surface area contributed by atoms with Crippen LogP contribution < -0.4 is 0 Å². The van der Waals surface area contributed by atoms with Crippen molar-refractivity contribution in [2.75, 3.05) is 0 Å². The molecule has 3 heteroatoms. The second-order valence-electron chi connectivity index (χ2n) is 7.76. The first-order valence-corrected chi connectivity index (χ1v) is 9.65. The Kier molecular flexibility index (Phi) is 7.78. The van der Waals surface area contributed by atoms with Gasteiger partial charge in [0.25, 0.3) is 0 Å². The third-order valence-electron chi connectivity index (χ3n) is 5.66. The van der Waals surface area contributed by atoms with E-state index < -0.39 is 5.97 Å². The molecule has 2 aliphatic rings. The van der Waals surface area contributed by atoms with Gasteiger partial charge in [0.2, 0.25) is 0 Å². The van der Waals surface area contributed by atoms with Gasteiger partial charge in [-0.15, -0.1) is 11.8 Å². The number of aliphatic hydroxyl groups is 1. The zero-order chi connectivity index (χ0) is 18.2. The summed E-state index contributed by atoms with van der Waals surface area (Å²) in [5, 5.41) is 19.1. The molecular formula is C22H32O3. The van der Waals surface area contributed by atoms with Crippen molar-refractivity contribution in [3.8, 4) is 11.8 Å². The van der Waals surface area contributed by atoms with E-state index in [1.54, 1.807) is 0 Å². The van der Waals surface area contributed by atoms with Crippen LogP contribution >= 0.6 is 0 Å². The van der Waals surface area contributed by atoms with E-state index in [0.717, 1.165) is 44.9 Å². The van der Waals surface area contributed by atoms with Crippen LogP contribution in [0.25, 0.3) is 0 Å². The van der Waals surface area contributed by atoms with Gasteiger partial charge in [0.05, 0.1) is 6.10 Å². The summed E-state index contributed by atoms with van der Waals surface area (Å²) in [5.74, 6) is 7.36. The summed E-state index contributed by atoms with van der Waals surface area (Å²) in [6.45, 7) is 4.10. The molecule has 0 aromatic carbocycles. The normalized spacial score (nSPS) is 31.1. The second-order valence-corrected chi connectivity index (χ2v) is 7.76. The van der Waals surface area contributed by atoms with E-state index >= 15 is 0 Å². The molecule has 0 aromatic heterocycles. The van der Waals surface area contributed by atoms with Gasteiger partial charge in [0.15, 0.2) is 0 Å². The summed E-state index contributed by atoms with van der Waals surface area (Å²) in [6.07, 6.45) is 13.4. The molecule has 2 saturated carbocycles. The lowest BCUT2D eigenvalue weighted by Gasteiger charge is -2.17. The van der Waals surface area contributed by atoms with Crippen LogP contribution in [0.4, 0.5) is 0 Å². The van der Waals surface area contributed by atoms with E-state index in [4.69, 9.17) is 5.11 Å². The van der Waals surface area contributed by atoms with Crippen molar-refractivity contribution in [1.82, 2.24) is 0 Å². The average molecular weight is 344 g/mol. The van der Waals surface area contributed by atoms with Crippen LogP contribution in [0.2, 0.25) is 0 Å². The summed E-state index contributed by atoms with van der Waals surface area (Å²) in [6, 6.07) is 0. The molecule has 2 N–H and O–H groups in total. The summed E-state index contributed by atoms with van der Waals surface area (Å²) in [7, 11) is 0.